The summed E-state index contributed by atoms with van der Waals surface area (Å²) < 4.78 is 10.8. The van der Waals surface area contributed by atoms with Crippen molar-refractivity contribution in [3.63, 3.8) is 0 Å². The van der Waals surface area contributed by atoms with Crippen molar-refractivity contribution in [3.05, 3.63) is 71.3 Å². The van der Waals surface area contributed by atoms with E-state index in [9.17, 15) is 14.7 Å². The Bertz CT molecular complexity index is 998. The SMILES string of the molecule is COc1cccc([C@H]2C(=C(O)c3ccccc3)C(=O)C(=O)N2CCCN2CCOCC2)c1. The molecule has 0 spiro atoms. The summed E-state index contributed by atoms with van der Waals surface area (Å²) in [6, 6.07) is 15.5. The van der Waals surface area contributed by atoms with Gasteiger partial charge in [-0.15, -0.1) is 0 Å². The molecule has 2 heterocycles. The first-order chi connectivity index (χ1) is 15.6. The molecule has 2 aliphatic heterocycles. The molecule has 2 fully saturated rings. The molecule has 168 valence electrons. The number of ether oxygens (including phenoxy) is 2. The van der Waals surface area contributed by atoms with Gasteiger partial charge in [0.05, 0.1) is 31.9 Å². The topological polar surface area (TPSA) is 79.3 Å². The molecule has 32 heavy (non-hydrogen) atoms. The maximum atomic E-state index is 13.1. The van der Waals surface area contributed by atoms with E-state index in [2.05, 4.69) is 4.90 Å². The van der Waals surface area contributed by atoms with Crippen molar-refractivity contribution in [2.24, 2.45) is 0 Å². The number of hydrogen-bond donors (Lipinski definition) is 1. The van der Waals surface area contributed by atoms with Gasteiger partial charge in [-0.3, -0.25) is 14.5 Å². The van der Waals surface area contributed by atoms with Crippen LogP contribution in [0.4, 0.5) is 0 Å². The molecule has 0 saturated carbocycles. The second kappa shape index (κ2) is 9.97. The van der Waals surface area contributed by atoms with Crippen molar-refractivity contribution in [1.82, 2.24) is 9.80 Å². The average Bonchev–Trinajstić information content (AvgIpc) is 3.10. The summed E-state index contributed by atoms with van der Waals surface area (Å²) in [6.45, 7) is 4.39. The van der Waals surface area contributed by atoms with Crippen LogP contribution in [0.25, 0.3) is 5.76 Å². The quantitative estimate of drug-likeness (QED) is 0.409. The molecule has 0 aliphatic carbocycles. The molecule has 7 heteroatoms. The highest BCUT2D eigenvalue weighted by Crippen LogP contribution is 2.40. The van der Waals surface area contributed by atoms with Crippen LogP contribution in [0.2, 0.25) is 0 Å². The number of aliphatic hydroxyl groups is 1. The number of rotatable bonds is 7. The van der Waals surface area contributed by atoms with Crippen LogP contribution in [0.1, 0.15) is 23.6 Å². The molecule has 1 amide bonds. The van der Waals surface area contributed by atoms with E-state index in [-0.39, 0.29) is 11.3 Å². The summed E-state index contributed by atoms with van der Waals surface area (Å²) in [5.41, 5.74) is 1.35. The summed E-state index contributed by atoms with van der Waals surface area (Å²) in [6.07, 6.45) is 0.721. The molecule has 2 aromatic rings. The van der Waals surface area contributed by atoms with Gasteiger partial charge in [-0.25, -0.2) is 0 Å². The van der Waals surface area contributed by atoms with E-state index in [0.717, 1.165) is 31.6 Å². The fourth-order valence-electron chi connectivity index (χ4n) is 4.31. The molecular formula is C25H28N2O5. The second-order valence-corrected chi connectivity index (χ2v) is 7.94. The Labute approximate surface area is 187 Å². The van der Waals surface area contributed by atoms with Crippen molar-refractivity contribution in [2.75, 3.05) is 46.5 Å². The molecule has 7 nitrogen and oxygen atoms in total. The largest absolute Gasteiger partial charge is 0.507 e. The van der Waals surface area contributed by atoms with E-state index in [1.807, 2.05) is 30.3 Å². The number of benzene rings is 2. The Morgan fingerprint density at radius 1 is 1.06 bits per heavy atom. The summed E-state index contributed by atoms with van der Waals surface area (Å²) >= 11 is 0. The number of hydrogen-bond acceptors (Lipinski definition) is 6. The Kier molecular flexibility index (Phi) is 6.87. The third-order valence-corrected chi connectivity index (χ3v) is 5.97. The Balaban J connectivity index is 1.67. The maximum absolute atomic E-state index is 13.1. The molecule has 0 unspecified atom stereocenters. The van der Waals surface area contributed by atoms with Crippen LogP contribution in [-0.2, 0) is 14.3 Å². The number of likely N-dealkylation sites (tertiary alicyclic amines) is 1. The van der Waals surface area contributed by atoms with E-state index >= 15 is 0 Å². The van der Waals surface area contributed by atoms with E-state index in [4.69, 9.17) is 9.47 Å². The van der Waals surface area contributed by atoms with Gasteiger partial charge in [0.25, 0.3) is 11.7 Å². The number of ketones is 1. The molecule has 0 aromatic heterocycles. The van der Waals surface area contributed by atoms with Crippen LogP contribution in [0.15, 0.2) is 60.2 Å². The number of methoxy groups -OCH3 is 1. The molecule has 4 rings (SSSR count). The lowest BCUT2D eigenvalue weighted by molar-refractivity contribution is -0.140. The van der Waals surface area contributed by atoms with Gasteiger partial charge in [-0.1, -0.05) is 42.5 Å². The summed E-state index contributed by atoms with van der Waals surface area (Å²) in [5.74, 6) is -0.781. The predicted molar refractivity (Wildman–Crippen MR) is 120 cm³/mol. The molecule has 1 N–H and O–H groups in total. The van der Waals surface area contributed by atoms with Gasteiger partial charge in [-0.05, 0) is 24.1 Å². The van der Waals surface area contributed by atoms with Crippen LogP contribution in [-0.4, -0.2) is 73.1 Å². The first-order valence-corrected chi connectivity index (χ1v) is 10.9. The van der Waals surface area contributed by atoms with Crippen molar-refractivity contribution in [1.29, 1.82) is 0 Å². The van der Waals surface area contributed by atoms with Crippen LogP contribution in [0.3, 0.4) is 0 Å². The van der Waals surface area contributed by atoms with Gasteiger partial charge in [0.1, 0.15) is 11.5 Å². The highest BCUT2D eigenvalue weighted by Gasteiger charge is 2.45. The first kappa shape index (κ1) is 22.0. The molecule has 1 atom stereocenters. The standard InChI is InChI=1S/C25H28N2O5/c1-31-20-10-5-9-19(17-20)22-21(23(28)18-7-3-2-4-8-18)24(29)25(30)27(22)12-6-11-26-13-15-32-16-14-26/h2-5,7-10,17,22,28H,6,11-16H2,1H3/t22-/m0/s1. The number of amides is 1. The Morgan fingerprint density at radius 3 is 2.53 bits per heavy atom. The molecule has 0 bridgehead atoms. The fraction of sp³-hybridized carbons (Fsp3) is 0.360. The van der Waals surface area contributed by atoms with Gasteiger partial charge in [0.2, 0.25) is 0 Å². The second-order valence-electron chi connectivity index (χ2n) is 7.94. The van der Waals surface area contributed by atoms with Crippen molar-refractivity contribution < 1.29 is 24.2 Å². The van der Waals surface area contributed by atoms with Crippen molar-refractivity contribution in [3.8, 4) is 5.75 Å². The number of aliphatic hydroxyl groups excluding tert-OH is 1. The number of Topliss-reactive ketones (excluding diaryl/α,β-unsaturated/α-hetero) is 1. The molecule has 0 radical (unpaired) electrons. The highest BCUT2D eigenvalue weighted by atomic mass is 16.5. The summed E-state index contributed by atoms with van der Waals surface area (Å²) in [4.78, 5) is 30.0. The predicted octanol–water partition coefficient (Wildman–Crippen LogP) is 2.84. The maximum Gasteiger partial charge on any atom is 0.295 e. The monoisotopic (exact) mass is 436 g/mol. The zero-order valence-electron chi connectivity index (χ0n) is 18.2. The van der Waals surface area contributed by atoms with Gasteiger partial charge in [0.15, 0.2) is 0 Å². The van der Waals surface area contributed by atoms with Gasteiger partial charge in [0, 0.05) is 31.7 Å². The first-order valence-electron chi connectivity index (χ1n) is 10.9. The lowest BCUT2D eigenvalue weighted by Crippen LogP contribution is -2.38. The smallest absolute Gasteiger partial charge is 0.295 e. The fourth-order valence-corrected chi connectivity index (χ4v) is 4.31. The summed E-state index contributed by atoms with van der Waals surface area (Å²) in [7, 11) is 1.57. The van der Waals surface area contributed by atoms with E-state index in [1.165, 1.54) is 0 Å². The van der Waals surface area contributed by atoms with Gasteiger partial charge in [-0.2, -0.15) is 0 Å². The normalized spacial score (nSPS) is 21.2. The van der Waals surface area contributed by atoms with E-state index in [0.29, 0.717) is 31.1 Å². The van der Waals surface area contributed by atoms with Gasteiger partial charge < -0.3 is 19.5 Å². The number of carbonyl (C=O) groups is 2. The number of nitrogens with zero attached hydrogens (tertiary/aromatic N) is 2. The lowest BCUT2D eigenvalue weighted by Gasteiger charge is -2.29. The molecule has 2 saturated heterocycles. The zero-order chi connectivity index (χ0) is 22.5. The average molecular weight is 437 g/mol. The summed E-state index contributed by atoms with van der Waals surface area (Å²) in [5, 5.41) is 11.0. The third kappa shape index (κ3) is 4.54. The molecule has 2 aromatic carbocycles. The number of morpholine rings is 1. The minimum Gasteiger partial charge on any atom is -0.507 e. The number of carbonyl (C=O) groups excluding carboxylic acids is 2. The van der Waals surface area contributed by atoms with E-state index < -0.39 is 17.7 Å². The van der Waals surface area contributed by atoms with Crippen LogP contribution in [0, 0.1) is 0 Å². The van der Waals surface area contributed by atoms with Crippen molar-refractivity contribution >= 4 is 17.4 Å². The zero-order valence-corrected chi connectivity index (χ0v) is 18.2. The van der Waals surface area contributed by atoms with Crippen LogP contribution >= 0.6 is 0 Å². The molecular weight excluding hydrogens is 408 g/mol. The Hall–Kier alpha value is -3.16. The van der Waals surface area contributed by atoms with Crippen molar-refractivity contribution in [2.45, 2.75) is 12.5 Å². The minimum atomic E-state index is -0.671. The third-order valence-electron chi connectivity index (χ3n) is 5.97. The lowest BCUT2D eigenvalue weighted by atomic mass is 9.95. The van der Waals surface area contributed by atoms with E-state index in [1.54, 1.807) is 36.3 Å². The van der Waals surface area contributed by atoms with Crippen LogP contribution in [0.5, 0.6) is 5.75 Å². The molecule has 2 aliphatic rings. The highest BCUT2D eigenvalue weighted by molar-refractivity contribution is 6.46. The van der Waals surface area contributed by atoms with Gasteiger partial charge >= 0.3 is 0 Å². The van der Waals surface area contributed by atoms with Crippen LogP contribution < -0.4 is 4.74 Å². The minimum absolute atomic E-state index is 0.112. The Morgan fingerprint density at radius 2 is 1.81 bits per heavy atom.